The highest BCUT2D eigenvalue weighted by Crippen LogP contribution is 2.43. The molecule has 7 heteroatoms. The predicted molar refractivity (Wildman–Crippen MR) is 129 cm³/mol. The number of carboxylic acids is 1. The molecule has 2 atom stereocenters. The number of fused-ring (bicyclic) bond motifs is 5. The molecule has 2 unspecified atom stereocenters. The first kappa shape index (κ1) is 23.1. The highest BCUT2D eigenvalue weighted by molar-refractivity contribution is 5.96. The lowest BCUT2D eigenvalue weighted by Crippen LogP contribution is -2.35. The van der Waals surface area contributed by atoms with Crippen molar-refractivity contribution in [2.75, 3.05) is 6.61 Å². The third kappa shape index (κ3) is 4.28. The molecule has 33 heavy (non-hydrogen) atoms. The van der Waals surface area contributed by atoms with E-state index in [-0.39, 0.29) is 17.0 Å². The molecule has 3 heterocycles. The van der Waals surface area contributed by atoms with E-state index in [1.807, 2.05) is 27.4 Å². The Balaban J connectivity index is 1.80. The van der Waals surface area contributed by atoms with Gasteiger partial charge in [-0.05, 0) is 30.2 Å². The summed E-state index contributed by atoms with van der Waals surface area (Å²) >= 11 is 0. The lowest BCUT2D eigenvalue weighted by molar-refractivity contribution is 0.0693. The smallest absolute Gasteiger partial charge is 0.341 e. The average Bonchev–Trinajstić information content (AvgIpc) is 3.14. The minimum Gasteiger partial charge on any atom is -0.491 e. The fourth-order valence-corrected chi connectivity index (χ4v) is 4.56. The first-order chi connectivity index (χ1) is 15.6. The fraction of sp³-hybridized carbons (Fsp3) is 0.500. The van der Waals surface area contributed by atoms with Crippen molar-refractivity contribution in [3.63, 3.8) is 0 Å². The SMILES string of the molecule is CCC(C)CCCOc1cccc2c3n(nc12)CC(C(C)(C)C)n1cc(C(=O)O)c(=O)cc1-3. The van der Waals surface area contributed by atoms with Crippen LogP contribution in [0.2, 0.25) is 0 Å². The first-order valence-electron chi connectivity index (χ1n) is 11.7. The van der Waals surface area contributed by atoms with Crippen LogP contribution >= 0.6 is 0 Å². The molecule has 1 aliphatic heterocycles. The van der Waals surface area contributed by atoms with Crippen molar-refractivity contribution in [1.82, 2.24) is 14.3 Å². The van der Waals surface area contributed by atoms with Gasteiger partial charge in [-0.15, -0.1) is 0 Å². The van der Waals surface area contributed by atoms with Crippen LogP contribution in [-0.2, 0) is 6.54 Å². The van der Waals surface area contributed by atoms with Gasteiger partial charge in [-0.3, -0.25) is 9.48 Å². The van der Waals surface area contributed by atoms with E-state index in [1.165, 1.54) is 18.7 Å². The molecule has 1 aromatic carbocycles. The number of pyridine rings is 1. The molecule has 1 N–H and O–H groups in total. The van der Waals surface area contributed by atoms with Gasteiger partial charge in [-0.1, -0.05) is 53.2 Å². The summed E-state index contributed by atoms with van der Waals surface area (Å²) in [5.41, 5.74) is 1.39. The molecule has 0 amide bonds. The Labute approximate surface area is 194 Å². The van der Waals surface area contributed by atoms with Gasteiger partial charge in [0.25, 0.3) is 0 Å². The third-order valence-electron chi connectivity index (χ3n) is 6.76. The van der Waals surface area contributed by atoms with Gasteiger partial charge in [0.1, 0.15) is 16.8 Å². The molecular weight excluding hydrogens is 418 g/mol. The van der Waals surface area contributed by atoms with Crippen molar-refractivity contribution >= 4 is 16.9 Å². The molecule has 2 aromatic heterocycles. The summed E-state index contributed by atoms with van der Waals surface area (Å²) in [7, 11) is 0. The standard InChI is InChI=1S/C26H33N3O4/c1-6-16(2)9-8-12-33-21-11-7-10-17-23(21)27-29-15-22(26(3,4)5)28-14-18(25(31)32)20(30)13-19(28)24(17)29/h7,10-11,13-14,16,22H,6,8-9,12,15H2,1-5H3,(H,31,32). The van der Waals surface area contributed by atoms with Gasteiger partial charge in [0.2, 0.25) is 0 Å². The third-order valence-corrected chi connectivity index (χ3v) is 6.76. The molecule has 0 spiro atoms. The molecule has 0 radical (unpaired) electrons. The van der Waals surface area contributed by atoms with Crippen molar-refractivity contribution in [2.24, 2.45) is 11.3 Å². The first-order valence-corrected chi connectivity index (χ1v) is 11.7. The number of hydrogen-bond acceptors (Lipinski definition) is 4. The van der Waals surface area contributed by atoms with Crippen LogP contribution in [0, 0.1) is 11.3 Å². The molecule has 0 fully saturated rings. The Morgan fingerprint density at radius 2 is 2.09 bits per heavy atom. The second-order valence-electron chi connectivity index (χ2n) is 10.2. The Morgan fingerprint density at radius 3 is 2.76 bits per heavy atom. The molecule has 4 rings (SSSR count). The Bertz CT molecular complexity index is 1250. The summed E-state index contributed by atoms with van der Waals surface area (Å²) in [5, 5.41) is 15.3. The van der Waals surface area contributed by atoms with Crippen molar-refractivity contribution in [3.8, 4) is 17.1 Å². The molecule has 0 aliphatic carbocycles. The molecule has 0 saturated heterocycles. The number of hydrogen-bond donors (Lipinski definition) is 1. The summed E-state index contributed by atoms with van der Waals surface area (Å²) in [4.78, 5) is 24.3. The van der Waals surface area contributed by atoms with Crippen LogP contribution in [0.15, 0.2) is 35.3 Å². The lowest BCUT2D eigenvalue weighted by Gasteiger charge is -2.38. The minimum absolute atomic E-state index is 0.0621. The van der Waals surface area contributed by atoms with Crippen molar-refractivity contribution in [1.29, 1.82) is 0 Å². The van der Waals surface area contributed by atoms with Gasteiger partial charge in [0.15, 0.2) is 5.43 Å². The van der Waals surface area contributed by atoms with Crippen LogP contribution in [0.25, 0.3) is 22.3 Å². The highest BCUT2D eigenvalue weighted by Gasteiger charge is 2.35. The normalized spacial score (nSPS) is 16.3. The van der Waals surface area contributed by atoms with Gasteiger partial charge >= 0.3 is 5.97 Å². The van der Waals surface area contributed by atoms with E-state index < -0.39 is 11.4 Å². The summed E-state index contributed by atoms with van der Waals surface area (Å²) in [5.74, 6) is 0.214. The van der Waals surface area contributed by atoms with Gasteiger partial charge in [-0.25, -0.2) is 4.79 Å². The van der Waals surface area contributed by atoms with Crippen molar-refractivity contribution in [3.05, 3.63) is 46.2 Å². The molecule has 0 saturated carbocycles. The minimum atomic E-state index is -1.21. The number of aromatic nitrogens is 3. The largest absolute Gasteiger partial charge is 0.491 e. The predicted octanol–water partition coefficient (Wildman–Crippen LogP) is 5.37. The van der Waals surface area contributed by atoms with Crippen LogP contribution in [-0.4, -0.2) is 32.0 Å². The van der Waals surface area contributed by atoms with Crippen LogP contribution in [0.5, 0.6) is 5.75 Å². The summed E-state index contributed by atoms with van der Waals surface area (Å²) in [6, 6.07) is 7.24. The van der Waals surface area contributed by atoms with E-state index in [1.54, 1.807) is 0 Å². The van der Waals surface area contributed by atoms with E-state index in [9.17, 15) is 14.7 Å². The zero-order chi connectivity index (χ0) is 23.9. The number of rotatable bonds is 7. The fourth-order valence-electron chi connectivity index (χ4n) is 4.56. The summed E-state index contributed by atoms with van der Waals surface area (Å²) in [6.45, 7) is 12.0. The van der Waals surface area contributed by atoms with E-state index in [2.05, 4.69) is 34.6 Å². The molecule has 3 aromatic rings. The number of carbonyl (C=O) groups is 1. The van der Waals surface area contributed by atoms with E-state index in [0.29, 0.717) is 24.8 Å². The number of aromatic carboxylic acids is 1. The Kier molecular flexibility index (Phi) is 6.08. The zero-order valence-electron chi connectivity index (χ0n) is 20.1. The molecule has 0 bridgehead atoms. The maximum atomic E-state index is 12.6. The van der Waals surface area contributed by atoms with E-state index in [4.69, 9.17) is 9.84 Å². The van der Waals surface area contributed by atoms with Crippen molar-refractivity contribution in [2.45, 2.75) is 66.5 Å². The number of ether oxygens (including phenoxy) is 1. The van der Waals surface area contributed by atoms with Crippen LogP contribution in [0.1, 0.15) is 70.3 Å². The number of benzene rings is 1. The maximum Gasteiger partial charge on any atom is 0.341 e. The van der Waals surface area contributed by atoms with E-state index >= 15 is 0 Å². The number of nitrogens with zero attached hydrogens (tertiary/aromatic N) is 3. The Morgan fingerprint density at radius 1 is 1.33 bits per heavy atom. The van der Waals surface area contributed by atoms with Crippen molar-refractivity contribution < 1.29 is 14.6 Å². The number of carboxylic acid groups (broad SMARTS) is 1. The highest BCUT2D eigenvalue weighted by atomic mass is 16.5. The molecule has 1 aliphatic rings. The second-order valence-corrected chi connectivity index (χ2v) is 10.2. The molecule has 7 nitrogen and oxygen atoms in total. The van der Waals surface area contributed by atoms with Crippen LogP contribution in [0.4, 0.5) is 0 Å². The quantitative estimate of drug-likeness (QED) is 0.488. The van der Waals surface area contributed by atoms with E-state index in [0.717, 1.165) is 35.2 Å². The van der Waals surface area contributed by atoms with Crippen LogP contribution in [0.3, 0.4) is 0 Å². The monoisotopic (exact) mass is 451 g/mol. The average molecular weight is 452 g/mol. The molecular formula is C26H33N3O4. The molecule has 176 valence electrons. The second kappa shape index (κ2) is 8.69. The summed E-state index contributed by atoms with van der Waals surface area (Å²) < 4.78 is 10.0. The zero-order valence-corrected chi connectivity index (χ0v) is 20.1. The van der Waals surface area contributed by atoms with Crippen LogP contribution < -0.4 is 10.2 Å². The van der Waals surface area contributed by atoms with Gasteiger partial charge in [0, 0.05) is 17.6 Å². The maximum absolute atomic E-state index is 12.6. The van der Waals surface area contributed by atoms with Gasteiger partial charge in [-0.2, -0.15) is 5.10 Å². The Hall–Kier alpha value is -3.09. The topological polar surface area (TPSA) is 86.3 Å². The summed E-state index contributed by atoms with van der Waals surface area (Å²) in [6.07, 6.45) is 4.77. The van der Waals surface area contributed by atoms with Gasteiger partial charge in [0.05, 0.1) is 30.6 Å². The lowest BCUT2D eigenvalue weighted by atomic mass is 9.85. The van der Waals surface area contributed by atoms with Gasteiger partial charge < -0.3 is 14.4 Å².